The molecule has 7 nitrogen and oxygen atoms in total. The quantitative estimate of drug-likeness (QED) is 0.374. The normalized spacial score (nSPS) is 18.7. The van der Waals surface area contributed by atoms with Gasteiger partial charge in [-0.15, -0.1) is 5.10 Å². The van der Waals surface area contributed by atoms with Gasteiger partial charge in [0.25, 0.3) is 0 Å². The Morgan fingerprint density at radius 2 is 1.83 bits per heavy atom. The molecule has 2 aliphatic rings. The molecular weight excluding hydrogens is 464 g/mol. The SMILES string of the molecule is COc1ccc([C@H]2C3=C(CC(C)(C)CC3=O)Oc3ncn4nc(-c5ccc(Cl)cc5)nc4c32)cc1. The van der Waals surface area contributed by atoms with Crippen LogP contribution in [0.1, 0.15) is 43.7 Å². The molecule has 2 aromatic heterocycles. The third-order valence-electron chi connectivity index (χ3n) is 6.61. The summed E-state index contributed by atoms with van der Waals surface area (Å²) in [6.07, 6.45) is 2.72. The number of hydrogen-bond acceptors (Lipinski definition) is 6. The van der Waals surface area contributed by atoms with Crippen LogP contribution >= 0.6 is 11.6 Å². The molecule has 8 heteroatoms. The first kappa shape index (κ1) is 21.8. The Labute approximate surface area is 207 Å². The molecule has 176 valence electrons. The maximum absolute atomic E-state index is 13.5. The number of ether oxygens (including phenoxy) is 2. The Morgan fingerprint density at radius 1 is 1.09 bits per heavy atom. The van der Waals surface area contributed by atoms with Crippen LogP contribution in [0.15, 0.2) is 66.2 Å². The summed E-state index contributed by atoms with van der Waals surface area (Å²) in [5.41, 5.74) is 3.61. The highest BCUT2D eigenvalue weighted by Crippen LogP contribution is 2.50. The van der Waals surface area contributed by atoms with Gasteiger partial charge in [0.2, 0.25) is 5.88 Å². The monoisotopic (exact) mass is 486 g/mol. The molecule has 4 aromatic rings. The van der Waals surface area contributed by atoms with E-state index in [4.69, 9.17) is 26.1 Å². The lowest BCUT2D eigenvalue weighted by Crippen LogP contribution is -2.33. The number of benzene rings is 2. The van der Waals surface area contributed by atoms with Crippen molar-refractivity contribution in [3.63, 3.8) is 0 Å². The number of allylic oxidation sites excluding steroid dienone is 2. The van der Waals surface area contributed by atoms with Crippen LogP contribution < -0.4 is 9.47 Å². The molecule has 0 saturated heterocycles. The van der Waals surface area contributed by atoms with Crippen molar-refractivity contribution in [2.45, 2.75) is 32.6 Å². The van der Waals surface area contributed by atoms with Gasteiger partial charge in [-0.25, -0.2) is 14.5 Å². The Hall–Kier alpha value is -3.71. The molecule has 0 N–H and O–H groups in total. The summed E-state index contributed by atoms with van der Waals surface area (Å²) in [5, 5.41) is 5.29. The number of hydrogen-bond donors (Lipinski definition) is 0. The Morgan fingerprint density at radius 3 is 2.54 bits per heavy atom. The first-order valence-corrected chi connectivity index (χ1v) is 11.8. The minimum absolute atomic E-state index is 0.0853. The van der Waals surface area contributed by atoms with Crippen molar-refractivity contribution in [2.24, 2.45) is 5.41 Å². The van der Waals surface area contributed by atoms with Crippen molar-refractivity contribution >= 4 is 23.0 Å². The van der Waals surface area contributed by atoms with Gasteiger partial charge < -0.3 is 9.47 Å². The van der Waals surface area contributed by atoms with Crippen LogP contribution in [0.4, 0.5) is 0 Å². The van der Waals surface area contributed by atoms with Gasteiger partial charge >= 0.3 is 0 Å². The molecule has 1 aliphatic carbocycles. The number of carbonyl (C=O) groups is 1. The van der Waals surface area contributed by atoms with Crippen molar-refractivity contribution in [3.8, 4) is 23.0 Å². The van der Waals surface area contributed by atoms with E-state index in [1.54, 1.807) is 30.1 Å². The first-order valence-electron chi connectivity index (χ1n) is 11.4. The van der Waals surface area contributed by atoms with Gasteiger partial charge in [-0.3, -0.25) is 4.79 Å². The number of fused-ring (bicyclic) bond motifs is 3. The van der Waals surface area contributed by atoms with Crippen LogP contribution in [-0.4, -0.2) is 32.5 Å². The summed E-state index contributed by atoms with van der Waals surface area (Å²) < 4.78 is 13.3. The Balaban J connectivity index is 1.58. The average molecular weight is 487 g/mol. The highest BCUT2D eigenvalue weighted by Gasteiger charge is 2.44. The van der Waals surface area contributed by atoms with Gasteiger partial charge in [0.15, 0.2) is 17.3 Å². The number of Topliss-reactive ketones (excluding diaryl/α,β-unsaturated/α-hetero) is 1. The predicted molar refractivity (Wildman–Crippen MR) is 132 cm³/mol. The molecule has 0 radical (unpaired) electrons. The molecule has 0 spiro atoms. The lowest BCUT2D eigenvalue weighted by Gasteiger charge is -2.37. The van der Waals surface area contributed by atoms with Gasteiger partial charge in [-0.2, -0.15) is 0 Å². The fourth-order valence-electron chi connectivity index (χ4n) is 5.00. The smallest absolute Gasteiger partial charge is 0.228 e. The predicted octanol–water partition coefficient (Wildman–Crippen LogP) is 5.62. The summed E-state index contributed by atoms with van der Waals surface area (Å²) in [5.74, 6) is 2.15. The van der Waals surface area contributed by atoms with E-state index >= 15 is 0 Å². The number of methoxy groups -OCH3 is 1. The molecule has 0 bridgehead atoms. The lowest BCUT2D eigenvalue weighted by molar-refractivity contribution is -0.118. The topological polar surface area (TPSA) is 78.6 Å². The van der Waals surface area contributed by atoms with E-state index in [1.165, 1.54) is 0 Å². The number of rotatable bonds is 3. The van der Waals surface area contributed by atoms with Gasteiger partial charge in [0, 0.05) is 34.9 Å². The summed E-state index contributed by atoms with van der Waals surface area (Å²) in [4.78, 5) is 23.0. The molecule has 35 heavy (non-hydrogen) atoms. The molecule has 1 aliphatic heterocycles. The fraction of sp³-hybridized carbons (Fsp3) is 0.259. The van der Waals surface area contributed by atoms with Crippen molar-refractivity contribution < 1.29 is 14.3 Å². The minimum Gasteiger partial charge on any atom is -0.497 e. The lowest BCUT2D eigenvalue weighted by atomic mass is 9.70. The third kappa shape index (κ3) is 3.67. The van der Waals surface area contributed by atoms with E-state index in [1.807, 2.05) is 36.4 Å². The van der Waals surface area contributed by atoms with Crippen LogP contribution in [-0.2, 0) is 4.79 Å². The van der Waals surface area contributed by atoms with Crippen LogP contribution in [0.3, 0.4) is 0 Å². The summed E-state index contributed by atoms with van der Waals surface area (Å²) in [6, 6.07) is 15.1. The van der Waals surface area contributed by atoms with Crippen molar-refractivity contribution in [3.05, 3.63) is 82.3 Å². The first-order chi connectivity index (χ1) is 16.8. The average Bonchev–Trinajstić information content (AvgIpc) is 3.27. The van der Waals surface area contributed by atoms with E-state index in [0.29, 0.717) is 46.5 Å². The molecule has 6 rings (SSSR count). The third-order valence-corrected chi connectivity index (χ3v) is 6.87. The summed E-state index contributed by atoms with van der Waals surface area (Å²) in [6.45, 7) is 4.17. The van der Waals surface area contributed by atoms with Crippen molar-refractivity contribution in [2.75, 3.05) is 7.11 Å². The van der Waals surface area contributed by atoms with Crippen molar-refractivity contribution in [1.82, 2.24) is 19.6 Å². The summed E-state index contributed by atoms with van der Waals surface area (Å²) >= 11 is 6.06. The minimum atomic E-state index is -0.373. The second-order valence-electron chi connectivity index (χ2n) is 9.76. The van der Waals surface area contributed by atoms with Gasteiger partial charge in [0.05, 0.1) is 12.7 Å². The Bertz CT molecular complexity index is 1500. The molecule has 0 saturated carbocycles. The maximum Gasteiger partial charge on any atom is 0.228 e. The second kappa shape index (κ2) is 7.92. The molecule has 3 heterocycles. The van der Waals surface area contributed by atoms with E-state index in [2.05, 4.69) is 23.9 Å². The number of halogens is 1. The number of aromatic nitrogens is 4. The molecule has 0 fully saturated rings. The van der Waals surface area contributed by atoms with Gasteiger partial charge in [-0.05, 0) is 47.4 Å². The largest absolute Gasteiger partial charge is 0.497 e. The highest BCUT2D eigenvalue weighted by atomic mass is 35.5. The molecule has 2 aromatic carbocycles. The van der Waals surface area contributed by atoms with Crippen LogP contribution in [0.5, 0.6) is 11.6 Å². The van der Waals surface area contributed by atoms with E-state index < -0.39 is 0 Å². The van der Waals surface area contributed by atoms with Gasteiger partial charge in [0.1, 0.15) is 17.8 Å². The van der Waals surface area contributed by atoms with E-state index in [9.17, 15) is 4.79 Å². The number of nitrogens with zero attached hydrogens (tertiary/aromatic N) is 4. The summed E-state index contributed by atoms with van der Waals surface area (Å²) in [7, 11) is 1.63. The zero-order valence-electron chi connectivity index (χ0n) is 19.6. The maximum atomic E-state index is 13.5. The Kier molecular flexibility index (Phi) is 4.93. The second-order valence-corrected chi connectivity index (χ2v) is 10.2. The fourth-order valence-corrected chi connectivity index (χ4v) is 5.12. The number of ketones is 1. The van der Waals surface area contributed by atoms with Crippen LogP contribution in [0.2, 0.25) is 5.02 Å². The van der Waals surface area contributed by atoms with E-state index in [0.717, 1.165) is 22.4 Å². The zero-order valence-corrected chi connectivity index (χ0v) is 20.3. The molecule has 0 unspecified atom stereocenters. The van der Waals surface area contributed by atoms with Crippen LogP contribution in [0, 0.1) is 5.41 Å². The molecule has 1 atom stereocenters. The zero-order chi connectivity index (χ0) is 24.3. The molecule has 0 amide bonds. The van der Waals surface area contributed by atoms with Gasteiger partial charge in [-0.1, -0.05) is 37.6 Å². The molecular formula is C27H23ClN4O3. The highest BCUT2D eigenvalue weighted by molar-refractivity contribution is 6.30. The van der Waals surface area contributed by atoms with Crippen LogP contribution in [0.25, 0.3) is 17.0 Å². The van der Waals surface area contributed by atoms with E-state index in [-0.39, 0.29) is 17.1 Å². The van der Waals surface area contributed by atoms with Crippen molar-refractivity contribution in [1.29, 1.82) is 0 Å². The standard InChI is InChI=1S/C27H23ClN4O3/c1-27(2)12-19(33)22-20(13-27)35-26-23(21(22)15-6-10-18(34-3)11-7-15)25-30-24(31-32(25)14-29-26)16-4-8-17(28)9-5-16/h4-11,14,21H,12-13H2,1-3H3/t21-/m0/s1. The number of carbonyl (C=O) groups excluding carboxylic acids is 1.